The third-order valence-corrected chi connectivity index (χ3v) is 4.12. The van der Waals surface area contributed by atoms with Gasteiger partial charge in [0.05, 0.1) is 26.9 Å². The molecule has 0 aliphatic carbocycles. The van der Waals surface area contributed by atoms with Gasteiger partial charge in [-0.2, -0.15) is 0 Å². The lowest BCUT2D eigenvalue weighted by Gasteiger charge is -2.10. The molecule has 0 atom stereocenters. The Balaban J connectivity index is 1.70. The van der Waals surface area contributed by atoms with E-state index in [4.69, 9.17) is 13.9 Å². The Kier molecular flexibility index (Phi) is 4.81. The first-order valence-electron chi connectivity index (χ1n) is 7.19. The number of thiazole rings is 1. The van der Waals surface area contributed by atoms with Crippen molar-refractivity contribution in [1.82, 2.24) is 4.98 Å². The number of nitrogens with one attached hydrogen (secondary N) is 1. The van der Waals surface area contributed by atoms with Gasteiger partial charge in [-0.25, -0.2) is 4.98 Å². The van der Waals surface area contributed by atoms with Crippen molar-refractivity contribution < 1.29 is 18.7 Å². The van der Waals surface area contributed by atoms with E-state index in [1.54, 1.807) is 44.7 Å². The zero-order chi connectivity index (χ0) is 16.9. The van der Waals surface area contributed by atoms with E-state index in [-0.39, 0.29) is 12.3 Å². The van der Waals surface area contributed by atoms with Crippen LogP contribution >= 0.6 is 11.3 Å². The maximum absolute atomic E-state index is 12.3. The minimum Gasteiger partial charge on any atom is -0.497 e. The molecule has 1 aromatic carbocycles. The minimum absolute atomic E-state index is 0.163. The summed E-state index contributed by atoms with van der Waals surface area (Å²) in [5, 5.41) is 5.15. The topological polar surface area (TPSA) is 73.6 Å². The largest absolute Gasteiger partial charge is 0.497 e. The average molecular weight is 344 g/mol. The van der Waals surface area contributed by atoms with E-state index in [1.165, 1.54) is 11.3 Å². The van der Waals surface area contributed by atoms with Crippen molar-refractivity contribution in [2.75, 3.05) is 19.5 Å². The van der Waals surface area contributed by atoms with Gasteiger partial charge in [-0.15, -0.1) is 11.3 Å². The number of carbonyl (C=O) groups is 1. The predicted octanol–water partition coefficient (Wildman–Crippen LogP) is 3.60. The SMILES string of the molecule is COc1ccc(OC)c(CC(=O)Nc2nc(-c3ccco3)cs2)c1. The Morgan fingerprint density at radius 1 is 1.29 bits per heavy atom. The third-order valence-electron chi connectivity index (χ3n) is 3.36. The second-order valence-corrected chi connectivity index (χ2v) is 5.78. The number of ether oxygens (including phenoxy) is 2. The summed E-state index contributed by atoms with van der Waals surface area (Å²) in [5.74, 6) is 1.80. The van der Waals surface area contributed by atoms with Gasteiger partial charge in [0, 0.05) is 10.9 Å². The Bertz CT molecular complexity index is 827. The monoisotopic (exact) mass is 344 g/mol. The van der Waals surface area contributed by atoms with Crippen molar-refractivity contribution >= 4 is 22.4 Å². The van der Waals surface area contributed by atoms with Crippen molar-refractivity contribution in [3.63, 3.8) is 0 Å². The van der Waals surface area contributed by atoms with E-state index < -0.39 is 0 Å². The normalized spacial score (nSPS) is 10.4. The van der Waals surface area contributed by atoms with E-state index in [9.17, 15) is 4.79 Å². The summed E-state index contributed by atoms with van der Waals surface area (Å²) in [4.78, 5) is 16.6. The lowest BCUT2D eigenvalue weighted by molar-refractivity contribution is -0.115. The van der Waals surface area contributed by atoms with Gasteiger partial charge in [-0.3, -0.25) is 4.79 Å². The van der Waals surface area contributed by atoms with E-state index >= 15 is 0 Å². The van der Waals surface area contributed by atoms with Crippen LogP contribution in [0.25, 0.3) is 11.5 Å². The van der Waals surface area contributed by atoms with Crippen LogP contribution in [-0.4, -0.2) is 25.1 Å². The number of nitrogens with zero attached hydrogens (tertiary/aromatic N) is 1. The molecule has 0 saturated carbocycles. The molecule has 0 spiro atoms. The first-order valence-corrected chi connectivity index (χ1v) is 8.07. The summed E-state index contributed by atoms with van der Waals surface area (Å²) in [7, 11) is 3.15. The number of rotatable bonds is 6. The van der Waals surface area contributed by atoms with Crippen molar-refractivity contribution in [2.45, 2.75) is 6.42 Å². The van der Waals surface area contributed by atoms with Crippen molar-refractivity contribution in [3.05, 3.63) is 47.5 Å². The highest BCUT2D eigenvalue weighted by atomic mass is 32.1. The molecule has 1 amide bonds. The molecule has 0 saturated heterocycles. The number of furan rings is 1. The van der Waals surface area contributed by atoms with Crippen LogP contribution in [0, 0.1) is 0 Å². The number of methoxy groups -OCH3 is 2. The molecular weight excluding hydrogens is 328 g/mol. The Hall–Kier alpha value is -2.80. The molecule has 0 fully saturated rings. The van der Waals surface area contributed by atoms with Crippen molar-refractivity contribution in [3.8, 4) is 23.0 Å². The number of hydrogen-bond donors (Lipinski definition) is 1. The third kappa shape index (κ3) is 3.57. The maximum Gasteiger partial charge on any atom is 0.230 e. The molecule has 3 aromatic rings. The van der Waals surface area contributed by atoms with Gasteiger partial charge in [-0.1, -0.05) is 0 Å². The Morgan fingerprint density at radius 3 is 2.88 bits per heavy atom. The van der Waals surface area contributed by atoms with Crippen LogP contribution in [0.3, 0.4) is 0 Å². The highest BCUT2D eigenvalue weighted by Crippen LogP contribution is 2.27. The molecule has 124 valence electrons. The van der Waals surface area contributed by atoms with Gasteiger partial charge in [0.1, 0.15) is 17.2 Å². The summed E-state index contributed by atoms with van der Waals surface area (Å²) < 4.78 is 15.8. The van der Waals surface area contributed by atoms with Gasteiger partial charge in [0.25, 0.3) is 0 Å². The number of carbonyl (C=O) groups excluding carboxylic acids is 1. The summed E-state index contributed by atoms with van der Waals surface area (Å²) in [5.41, 5.74) is 1.44. The minimum atomic E-state index is -0.179. The summed E-state index contributed by atoms with van der Waals surface area (Å²) in [6.07, 6.45) is 1.75. The molecule has 3 rings (SSSR count). The predicted molar refractivity (Wildman–Crippen MR) is 91.7 cm³/mol. The molecule has 2 aromatic heterocycles. The number of hydrogen-bond acceptors (Lipinski definition) is 6. The van der Waals surface area contributed by atoms with Crippen LogP contribution in [0.15, 0.2) is 46.4 Å². The highest BCUT2D eigenvalue weighted by molar-refractivity contribution is 7.14. The molecular formula is C17H16N2O4S. The Labute approximate surface area is 143 Å². The van der Waals surface area contributed by atoms with E-state index in [0.29, 0.717) is 28.1 Å². The zero-order valence-corrected chi connectivity index (χ0v) is 14.1. The number of anilines is 1. The first kappa shape index (κ1) is 16.1. The standard InChI is InChI=1S/C17H16N2O4S/c1-21-12-5-6-14(22-2)11(8-12)9-16(20)19-17-18-13(10-24-17)15-4-3-7-23-15/h3-8,10H,9H2,1-2H3,(H,18,19,20). The molecule has 0 aliphatic heterocycles. The van der Waals surface area contributed by atoms with Crippen LogP contribution in [0.1, 0.15) is 5.56 Å². The van der Waals surface area contributed by atoms with Crippen molar-refractivity contribution in [1.29, 1.82) is 0 Å². The average Bonchev–Trinajstić information content (AvgIpc) is 3.25. The summed E-state index contributed by atoms with van der Waals surface area (Å²) >= 11 is 1.35. The molecule has 1 N–H and O–H groups in total. The van der Waals surface area contributed by atoms with Gasteiger partial charge in [-0.05, 0) is 30.3 Å². The van der Waals surface area contributed by atoms with Crippen LogP contribution in [0.2, 0.25) is 0 Å². The van der Waals surface area contributed by atoms with Crippen LogP contribution < -0.4 is 14.8 Å². The van der Waals surface area contributed by atoms with Gasteiger partial charge >= 0.3 is 0 Å². The summed E-state index contributed by atoms with van der Waals surface area (Å²) in [6.45, 7) is 0. The fourth-order valence-electron chi connectivity index (χ4n) is 2.23. The number of benzene rings is 1. The fraction of sp³-hybridized carbons (Fsp3) is 0.176. The quantitative estimate of drug-likeness (QED) is 0.739. The lowest BCUT2D eigenvalue weighted by Crippen LogP contribution is -2.14. The van der Waals surface area contributed by atoms with E-state index in [1.807, 2.05) is 11.4 Å². The fourth-order valence-corrected chi connectivity index (χ4v) is 2.94. The lowest BCUT2D eigenvalue weighted by atomic mass is 10.1. The molecule has 7 heteroatoms. The first-order chi connectivity index (χ1) is 11.7. The number of amides is 1. The Morgan fingerprint density at radius 2 is 2.17 bits per heavy atom. The second kappa shape index (κ2) is 7.18. The van der Waals surface area contributed by atoms with Crippen LogP contribution in [0.4, 0.5) is 5.13 Å². The molecule has 0 bridgehead atoms. The van der Waals surface area contributed by atoms with E-state index in [2.05, 4.69) is 10.3 Å². The van der Waals surface area contributed by atoms with Crippen LogP contribution in [-0.2, 0) is 11.2 Å². The molecule has 24 heavy (non-hydrogen) atoms. The molecule has 6 nitrogen and oxygen atoms in total. The highest BCUT2D eigenvalue weighted by Gasteiger charge is 2.13. The van der Waals surface area contributed by atoms with E-state index in [0.717, 1.165) is 5.56 Å². The van der Waals surface area contributed by atoms with Crippen LogP contribution in [0.5, 0.6) is 11.5 Å². The maximum atomic E-state index is 12.3. The van der Waals surface area contributed by atoms with Gasteiger partial charge in [0.15, 0.2) is 10.9 Å². The van der Waals surface area contributed by atoms with Crippen molar-refractivity contribution in [2.24, 2.45) is 0 Å². The smallest absolute Gasteiger partial charge is 0.230 e. The van der Waals surface area contributed by atoms with Gasteiger partial charge < -0.3 is 19.2 Å². The van der Waals surface area contributed by atoms with Gasteiger partial charge in [0.2, 0.25) is 5.91 Å². The molecule has 0 radical (unpaired) electrons. The second-order valence-electron chi connectivity index (χ2n) is 4.92. The zero-order valence-electron chi connectivity index (χ0n) is 13.2. The molecule has 0 aliphatic rings. The number of aromatic nitrogens is 1. The summed E-state index contributed by atoms with van der Waals surface area (Å²) in [6, 6.07) is 8.97. The molecule has 0 unspecified atom stereocenters. The molecule has 2 heterocycles.